The Morgan fingerprint density at radius 3 is 2.82 bits per heavy atom. The van der Waals surface area contributed by atoms with Crippen LogP contribution >= 0.6 is 15.9 Å². The number of anilines is 1. The molecule has 5 rings (SSSR count). The zero-order chi connectivity index (χ0) is 23.7. The molecule has 10 heteroatoms. The molecule has 3 aromatic heterocycles. The van der Waals surface area contributed by atoms with Crippen molar-refractivity contribution in [3.63, 3.8) is 0 Å². The van der Waals surface area contributed by atoms with Gasteiger partial charge in [0.15, 0.2) is 5.65 Å². The third kappa shape index (κ3) is 5.07. The van der Waals surface area contributed by atoms with Gasteiger partial charge < -0.3 is 5.32 Å². The number of piperidine rings is 1. The van der Waals surface area contributed by atoms with E-state index in [4.69, 9.17) is 4.98 Å². The van der Waals surface area contributed by atoms with Gasteiger partial charge in [-0.1, -0.05) is 12.5 Å². The van der Waals surface area contributed by atoms with Gasteiger partial charge in [0.25, 0.3) is 0 Å². The number of pyridine rings is 1. The molecule has 4 heterocycles. The molecule has 1 saturated carbocycles. The van der Waals surface area contributed by atoms with Gasteiger partial charge in [0.2, 0.25) is 0 Å². The van der Waals surface area contributed by atoms with Crippen LogP contribution in [0.2, 0.25) is 0 Å². The van der Waals surface area contributed by atoms with E-state index in [0.29, 0.717) is 13.0 Å². The number of aromatic nitrogens is 4. The number of nitrogens with zero attached hydrogens (tertiary/aromatic N) is 5. The molecule has 3 atom stereocenters. The van der Waals surface area contributed by atoms with Crippen LogP contribution in [0.5, 0.6) is 0 Å². The van der Waals surface area contributed by atoms with Gasteiger partial charge in [-0.25, -0.2) is 4.98 Å². The van der Waals surface area contributed by atoms with Crippen LogP contribution in [0.25, 0.3) is 5.65 Å². The third-order valence-corrected chi connectivity index (χ3v) is 7.70. The van der Waals surface area contributed by atoms with Gasteiger partial charge in [0.1, 0.15) is 5.82 Å². The molecule has 0 spiro atoms. The molecule has 3 unspecified atom stereocenters. The van der Waals surface area contributed by atoms with E-state index in [1.54, 1.807) is 16.9 Å². The molecular weight excluding hydrogens is 509 g/mol. The van der Waals surface area contributed by atoms with E-state index in [2.05, 4.69) is 36.2 Å². The maximum absolute atomic E-state index is 13.4. The second-order valence-corrected chi connectivity index (χ2v) is 10.3. The maximum Gasteiger partial charge on any atom is 0.391 e. The topological polar surface area (TPSA) is 58.4 Å². The Hall–Kier alpha value is -2.20. The minimum atomic E-state index is -4.09. The van der Waals surface area contributed by atoms with Crippen molar-refractivity contribution >= 4 is 27.4 Å². The summed E-state index contributed by atoms with van der Waals surface area (Å²) in [6, 6.07) is 5.95. The summed E-state index contributed by atoms with van der Waals surface area (Å²) in [4.78, 5) is 11.4. The number of likely N-dealkylation sites (tertiary alicyclic amines) is 1. The van der Waals surface area contributed by atoms with Crippen LogP contribution in [-0.2, 0) is 6.54 Å². The van der Waals surface area contributed by atoms with E-state index in [-0.39, 0.29) is 24.8 Å². The molecule has 182 valence electrons. The van der Waals surface area contributed by atoms with Crippen LogP contribution in [0, 0.1) is 5.92 Å². The van der Waals surface area contributed by atoms with Crippen molar-refractivity contribution in [1.82, 2.24) is 24.5 Å². The van der Waals surface area contributed by atoms with Gasteiger partial charge in [0, 0.05) is 43.5 Å². The maximum atomic E-state index is 13.4. The van der Waals surface area contributed by atoms with E-state index >= 15 is 0 Å². The van der Waals surface area contributed by atoms with Gasteiger partial charge in [-0.15, -0.1) is 0 Å². The first-order valence-electron chi connectivity index (χ1n) is 11.9. The van der Waals surface area contributed by atoms with E-state index in [0.717, 1.165) is 59.5 Å². The highest BCUT2D eigenvalue weighted by molar-refractivity contribution is 9.10. The lowest BCUT2D eigenvalue weighted by Crippen LogP contribution is -2.46. The number of halogens is 4. The van der Waals surface area contributed by atoms with Crippen molar-refractivity contribution in [2.75, 3.05) is 18.4 Å². The van der Waals surface area contributed by atoms with Crippen molar-refractivity contribution in [1.29, 1.82) is 0 Å². The molecule has 2 fully saturated rings. The van der Waals surface area contributed by atoms with Crippen molar-refractivity contribution in [3.8, 4) is 0 Å². The molecule has 0 bridgehead atoms. The van der Waals surface area contributed by atoms with Gasteiger partial charge >= 0.3 is 6.18 Å². The highest BCUT2D eigenvalue weighted by atomic mass is 79.9. The number of hydrogen-bond acceptors (Lipinski definition) is 5. The van der Waals surface area contributed by atoms with Gasteiger partial charge in [-0.3, -0.25) is 9.88 Å². The van der Waals surface area contributed by atoms with Gasteiger partial charge in [-0.2, -0.15) is 22.8 Å². The second-order valence-electron chi connectivity index (χ2n) is 9.40. The van der Waals surface area contributed by atoms with Crippen LogP contribution < -0.4 is 5.32 Å². The zero-order valence-electron chi connectivity index (χ0n) is 18.8. The monoisotopic (exact) mass is 536 g/mol. The highest BCUT2D eigenvalue weighted by Gasteiger charge is 2.43. The molecule has 1 saturated heterocycles. The van der Waals surface area contributed by atoms with Crippen LogP contribution in [0.1, 0.15) is 55.7 Å². The molecule has 1 aliphatic heterocycles. The van der Waals surface area contributed by atoms with E-state index in [1.807, 2.05) is 24.4 Å². The molecule has 0 aromatic carbocycles. The number of alkyl halides is 3. The third-order valence-electron chi connectivity index (χ3n) is 7.14. The van der Waals surface area contributed by atoms with Gasteiger partial charge in [-0.05, 0) is 66.2 Å². The molecule has 6 nitrogen and oxygen atoms in total. The zero-order valence-corrected chi connectivity index (χ0v) is 20.4. The Labute approximate surface area is 205 Å². The average Bonchev–Trinajstić information content (AvgIpc) is 3.23. The highest BCUT2D eigenvalue weighted by Crippen LogP contribution is 2.40. The van der Waals surface area contributed by atoms with E-state index < -0.39 is 12.1 Å². The number of nitrogens with one attached hydrogen (secondary N) is 1. The summed E-state index contributed by atoms with van der Waals surface area (Å²) >= 11 is 3.55. The molecular formula is C24H28BrF3N6. The Bertz CT molecular complexity index is 1120. The van der Waals surface area contributed by atoms with E-state index in [1.165, 1.54) is 0 Å². The number of hydrogen-bond donors (Lipinski definition) is 1. The fourth-order valence-corrected chi connectivity index (χ4v) is 5.71. The van der Waals surface area contributed by atoms with Gasteiger partial charge in [0.05, 0.1) is 22.3 Å². The number of fused-ring (bicyclic) bond motifs is 1. The summed E-state index contributed by atoms with van der Waals surface area (Å²) in [5, 5.41) is 7.90. The van der Waals surface area contributed by atoms with Crippen LogP contribution in [0.15, 0.2) is 41.3 Å². The molecule has 2 aliphatic rings. The van der Waals surface area contributed by atoms with Crippen molar-refractivity contribution in [3.05, 3.63) is 52.5 Å². The fraction of sp³-hybridized carbons (Fsp3) is 0.542. The van der Waals surface area contributed by atoms with Crippen molar-refractivity contribution in [2.45, 2.75) is 63.2 Å². The largest absolute Gasteiger partial charge is 0.391 e. The van der Waals surface area contributed by atoms with Crippen molar-refractivity contribution < 1.29 is 13.2 Å². The molecule has 3 aromatic rings. The predicted octanol–water partition coefficient (Wildman–Crippen LogP) is 5.80. The standard InChI is InChI=1S/C24H28BrF3N6/c25-20-14-31-34-22(30-13-16-4-2-8-29-12-16)11-21(32-23(20)34)17-5-3-9-33(15-17)19-7-1-6-18(10-19)24(26,27)28/h2,4,8,11-12,14,17-19,30H,1,3,5-7,9-10,13,15H2. The normalized spacial score (nSPS) is 24.4. The fourth-order valence-electron chi connectivity index (χ4n) is 5.36. The van der Waals surface area contributed by atoms with Crippen LogP contribution in [0.4, 0.5) is 19.0 Å². The molecule has 1 aliphatic carbocycles. The summed E-state index contributed by atoms with van der Waals surface area (Å²) < 4.78 is 42.7. The first-order chi connectivity index (χ1) is 16.4. The SMILES string of the molecule is FC(F)(F)C1CCCC(N2CCCC(c3cc(NCc4cccnc4)n4ncc(Br)c4n3)C2)C1. The Kier molecular flexibility index (Phi) is 6.79. The average molecular weight is 537 g/mol. The lowest BCUT2D eigenvalue weighted by Gasteiger charge is -2.42. The summed E-state index contributed by atoms with van der Waals surface area (Å²) in [5.74, 6) is -0.167. The minimum absolute atomic E-state index is 0.00298. The van der Waals surface area contributed by atoms with Crippen LogP contribution in [-0.4, -0.2) is 49.8 Å². The Balaban J connectivity index is 1.36. The first kappa shape index (κ1) is 23.5. The summed E-state index contributed by atoms with van der Waals surface area (Å²) in [7, 11) is 0. The molecule has 0 radical (unpaired) electrons. The van der Waals surface area contributed by atoms with Crippen LogP contribution in [0.3, 0.4) is 0 Å². The molecule has 34 heavy (non-hydrogen) atoms. The predicted molar refractivity (Wildman–Crippen MR) is 128 cm³/mol. The summed E-state index contributed by atoms with van der Waals surface area (Å²) in [6.07, 6.45) is 5.11. The van der Waals surface area contributed by atoms with Crippen molar-refractivity contribution in [2.24, 2.45) is 5.92 Å². The lowest BCUT2D eigenvalue weighted by molar-refractivity contribution is -0.187. The Morgan fingerprint density at radius 2 is 2.03 bits per heavy atom. The summed E-state index contributed by atoms with van der Waals surface area (Å²) in [5.41, 5.74) is 2.74. The minimum Gasteiger partial charge on any atom is -0.366 e. The summed E-state index contributed by atoms with van der Waals surface area (Å²) in [6.45, 7) is 2.20. The lowest BCUT2D eigenvalue weighted by atomic mass is 9.83. The quantitative estimate of drug-likeness (QED) is 0.446. The smallest absolute Gasteiger partial charge is 0.366 e. The molecule has 0 amide bonds. The number of rotatable bonds is 5. The first-order valence-corrected chi connectivity index (χ1v) is 12.7. The molecule has 1 N–H and O–H groups in total. The Morgan fingerprint density at radius 1 is 1.15 bits per heavy atom. The van der Waals surface area contributed by atoms with E-state index in [9.17, 15) is 13.2 Å². The second kappa shape index (κ2) is 9.81.